The summed E-state index contributed by atoms with van der Waals surface area (Å²) in [6.07, 6.45) is 12.6. The molecule has 2 aromatic rings. The highest BCUT2D eigenvalue weighted by molar-refractivity contribution is 5.88. The van der Waals surface area contributed by atoms with Crippen LogP contribution in [-0.4, -0.2) is 24.0 Å². The Morgan fingerprint density at radius 1 is 1.07 bits per heavy atom. The van der Waals surface area contributed by atoms with Gasteiger partial charge in [-0.05, 0) is 50.8 Å². The van der Waals surface area contributed by atoms with E-state index in [-0.39, 0.29) is 5.91 Å². The van der Waals surface area contributed by atoms with Crippen LogP contribution in [0.4, 0.5) is 0 Å². The van der Waals surface area contributed by atoms with Gasteiger partial charge < -0.3 is 10.1 Å². The molecular weight excluding hydrogens is 372 g/mol. The molecule has 0 saturated heterocycles. The van der Waals surface area contributed by atoms with E-state index in [9.17, 15) is 4.79 Å². The van der Waals surface area contributed by atoms with Crippen LogP contribution < -0.4 is 10.1 Å². The number of carbonyl (C=O) groups excluding carboxylic acids is 1. The van der Waals surface area contributed by atoms with Crippen LogP contribution in [0.1, 0.15) is 52.4 Å². The molecular formula is C26H34N2O2. The van der Waals surface area contributed by atoms with Crippen LogP contribution in [0.5, 0.6) is 5.88 Å². The third-order valence-electron chi connectivity index (χ3n) is 4.64. The second-order valence-corrected chi connectivity index (χ2v) is 7.71. The van der Waals surface area contributed by atoms with Crippen molar-refractivity contribution >= 4 is 16.8 Å². The summed E-state index contributed by atoms with van der Waals surface area (Å²) in [5.74, 6) is 0.636. The summed E-state index contributed by atoms with van der Waals surface area (Å²) in [7, 11) is 0. The molecule has 0 atom stereocenters. The van der Waals surface area contributed by atoms with E-state index in [4.69, 9.17) is 4.74 Å². The molecule has 0 spiro atoms. The minimum Gasteiger partial charge on any atom is -0.478 e. The highest BCUT2D eigenvalue weighted by atomic mass is 16.5. The summed E-state index contributed by atoms with van der Waals surface area (Å²) in [6, 6.07) is 12.1. The lowest BCUT2D eigenvalue weighted by Crippen LogP contribution is -2.22. The first-order chi connectivity index (χ1) is 14.5. The van der Waals surface area contributed by atoms with Crippen LogP contribution in [0.25, 0.3) is 10.9 Å². The Labute approximate surface area is 180 Å². The Morgan fingerprint density at radius 2 is 1.83 bits per heavy atom. The van der Waals surface area contributed by atoms with Gasteiger partial charge in [-0.15, -0.1) is 0 Å². The van der Waals surface area contributed by atoms with Gasteiger partial charge in [0.15, 0.2) is 0 Å². The molecule has 30 heavy (non-hydrogen) atoms. The van der Waals surface area contributed by atoms with Crippen molar-refractivity contribution in [1.29, 1.82) is 0 Å². The molecule has 1 aromatic heterocycles. The van der Waals surface area contributed by atoms with Crippen molar-refractivity contribution in [2.75, 3.05) is 13.2 Å². The van der Waals surface area contributed by atoms with Gasteiger partial charge in [0.2, 0.25) is 11.8 Å². The van der Waals surface area contributed by atoms with Gasteiger partial charge in [-0.2, -0.15) is 0 Å². The maximum atomic E-state index is 11.7. The fourth-order valence-electron chi connectivity index (χ4n) is 3.01. The predicted molar refractivity (Wildman–Crippen MR) is 126 cm³/mol. The van der Waals surface area contributed by atoms with Gasteiger partial charge in [0, 0.05) is 24.1 Å². The molecule has 0 aliphatic rings. The van der Waals surface area contributed by atoms with Crippen LogP contribution in [0.3, 0.4) is 0 Å². The summed E-state index contributed by atoms with van der Waals surface area (Å²) >= 11 is 0. The number of nitrogens with one attached hydrogen (secondary N) is 1. The Bertz CT molecular complexity index is 883. The summed E-state index contributed by atoms with van der Waals surface area (Å²) in [6.45, 7) is 8.85. The predicted octanol–water partition coefficient (Wildman–Crippen LogP) is 6.15. The van der Waals surface area contributed by atoms with E-state index in [1.165, 1.54) is 25.7 Å². The minimum atomic E-state index is -0.0683. The SMILES string of the molecule is C=C(C)CNC(=O)/C=C(C)/C=C/CCCCCCCOc1ccc2ccccc2n1. The van der Waals surface area contributed by atoms with E-state index >= 15 is 0 Å². The van der Waals surface area contributed by atoms with Crippen molar-refractivity contribution in [2.45, 2.75) is 52.4 Å². The fraction of sp³-hybridized carbons (Fsp3) is 0.385. The highest BCUT2D eigenvalue weighted by Crippen LogP contribution is 2.16. The van der Waals surface area contributed by atoms with Crippen molar-refractivity contribution in [3.63, 3.8) is 0 Å². The van der Waals surface area contributed by atoms with Gasteiger partial charge >= 0.3 is 0 Å². The van der Waals surface area contributed by atoms with Gasteiger partial charge in [0.1, 0.15) is 0 Å². The van der Waals surface area contributed by atoms with Crippen molar-refractivity contribution in [2.24, 2.45) is 0 Å². The van der Waals surface area contributed by atoms with E-state index in [1.54, 1.807) is 6.08 Å². The molecule has 1 heterocycles. The number of allylic oxidation sites excluding steroid dienone is 3. The standard InChI is InChI=1S/C26H34N2O2/c1-21(2)20-27-25(29)19-22(3)13-9-7-5-4-6-8-12-18-30-26-17-16-23-14-10-11-15-24(23)28-26/h9-11,13-17,19H,1,4-8,12,18,20H2,2-3H3,(H,27,29)/b13-9+,22-19+. The van der Waals surface area contributed by atoms with Crippen molar-refractivity contribution in [1.82, 2.24) is 10.3 Å². The molecule has 0 bridgehead atoms. The monoisotopic (exact) mass is 406 g/mol. The third-order valence-corrected chi connectivity index (χ3v) is 4.64. The number of pyridine rings is 1. The number of hydrogen-bond acceptors (Lipinski definition) is 3. The molecule has 2 rings (SSSR count). The number of ether oxygens (including phenoxy) is 1. The number of rotatable bonds is 13. The average Bonchev–Trinajstić information content (AvgIpc) is 2.73. The molecule has 1 N–H and O–H groups in total. The number of carbonyl (C=O) groups is 1. The molecule has 0 saturated carbocycles. The highest BCUT2D eigenvalue weighted by Gasteiger charge is 1.99. The van der Waals surface area contributed by atoms with Crippen molar-refractivity contribution in [3.05, 3.63) is 72.4 Å². The fourth-order valence-corrected chi connectivity index (χ4v) is 3.01. The van der Waals surface area contributed by atoms with Gasteiger partial charge in [-0.3, -0.25) is 4.79 Å². The van der Waals surface area contributed by atoms with E-state index in [1.807, 2.05) is 44.2 Å². The zero-order valence-corrected chi connectivity index (χ0v) is 18.3. The number of amides is 1. The first-order valence-electron chi connectivity index (χ1n) is 10.8. The molecule has 0 aliphatic heterocycles. The smallest absolute Gasteiger partial charge is 0.244 e. The van der Waals surface area contributed by atoms with Crippen molar-refractivity contribution in [3.8, 4) is 5.88 Å². The average molecular weight is 407 g/mol. The summed E-state index contributed by atoms with van der Waals surface area (Å²) < 4.78 is 5.78. The van der Waals surface area contributed by atoms with Crippen LogP contribution >= 0.6 is 0 Å². The Hall–Kier alpha value is -2.88. The van der Waals surface area contributed by atoms with E-state index in [0.717, 1.165) is 34.9 Å². The lowest BCUT2D eigenvalue weighted by molar-refractivity contribution is -0.116. The Balaban J connectivity index is 1.50. The molecule has 0 fully saturated rings. The molecule has 0 radical (unpaired) electrons. The molecule has 0 unspecified atom stereocenters. The molecule has 4 nitrogen and oxygen atoms in total. The first-order valence-corrected chi connectivity index (χ1v) is 10.8. The van der Waals surface area contributed by atoms with Crippen LogP contribution in [0.15, 0.2) is 72.4 Å². The summed E-state index contributed by atoms with van der Waals surface area (Å²) in [4.78, 5) is 16.2. The third kappa shape index (κ3) is 9.55. The lowest BCUT2D eigenvalue weighted by Gasteiger charge is -2.06. The van der Waals surface area contributed by atoms with Gasteiger partial charge in [0.25, 0.3) is 0 Å². The number of unbranched alkanes of at least 4 members (excludes halogenated alkanes) is 5. The van der Waals surface area contributed by atoms with Gasteiger partial charge in [-0.25, -0.2) is 4.98 Å². The summed E-state index contributed by atoms with van der Waals surface area (Å²) in [5, 5.41) is 3.94. The second kappa shape index (κ2) is 13.4. The molecule has 160 valence electrons. The number of aromatic nitrogens is 1. The van der Waals surface area contributed by atoms with Gasteiger partial charge in [0.05, 0.1) is 12.1 Å². The number of para-hydroxylation sites is 1. The van der Waals surface area contributed by atoms with Gasteiger partial charge in [-0.1, -0.05) is 61.8 Å². The molecule has 4 heteroatoms. The number of benzene rings is 1. The largest absolute Gasteiger partial charge is 0.478 e. The Morgan fingerprint density at radius 3 is 2.67 bits per heavy atom. The summed E-state index contributed by atoms with van der Waals surface area (Å²) in [5.41, 5.74) is 2.89. The molecule has 0 aliphatic carbocycles. The lowest BCUT2D eigenvalue weighted by atomic mass is 10.1. The van der Waals surface area contributed by atoms with Crippen molar-refractivity contribution < 1.29 is 9.53 Å². The maximum absolute atomic E-state index is 11.7. The topological polar surface area (TPSA) is 51.2 Å². The second-order valence-electron chi connectivity index (χ2n) is 7.71. The zero-order chi connectivity index (χ0) is 21.6. The number of fused-ring (bicyclic) bond motifs is 1. The molecule has 1 aromatic carbocycles. The normalized spacial score (nSPS) is 11.7. The van der Waals surface area contributed by atoms with E-state index < -0.39 is 0 Å². The number of hydrogen-bond donors (Lipinski definition) is 1. The van der Waals surface area contributed by atoms with E-state index in [0.29, 0.717) is 19.0 Å². The van der Waals surface area contributed by atoms with Crippen LogP contribution in [0.2, 0.25) is 0 Å². The number of nitrogens with zero attached hydrogens (tertiary/aromatic N) is 1. The van der Waals surface area contributed by atoms with E-state index in [2.05, 4.69) is 35.1 Å². The van der Waals surface area contributed by atoms with Crippen LogP contribution in [-0.2, 0) is 4.79 Å². The first kappa shape index (κ1) is 23.4. The molecule has 1 amide bonds. The minimum absolute atomic E-state index is 0.0683. The Kier molecular flexibility index (Phi) is 10.4. The van der Waals surface area contributed by atoms with Crippen LogP contribution in [0, 0.1) is 0 Å². The quantitative estimate of drug-likeness (QED) is 0.188. The maximum Gasteiger partial charge on any atom is 0.244 e. The zero-order valence-electron chi connectivity index (χ0n) is 18.3.